The average Bonchev–Trinajstić information content (AvgIpc) is 2.40. The highest BCUT2D eigenvalue weighted by atomic mass is 16.4. The second kappa shape index (κ2) is 5.47. The van der Waals surface area contributed by atoms with Crippen molar-refractivity contribution in [1.29, 1.82) is 0 Å². The average molecular weight is 259 g/mol. The minimum absolute atomic E-state index is 0.204. The fraction of sp³-hybridized carbons (Fsp3) is 0.438. The van der Waals surface area contributed by atoms with Gasteiger partial charge in [0.15, 0.2) is 0 Å². The van der Waals surface area contributed by atoms with E-state index in [-0.39, 0.29) is 5.63 Å². The van der Waals surface area contributed by atoms with Crippen molar-refractivity contribution in [2.24, 2.45) is 0 Å². The number of anilines is 1. The number of nitrogens with zero attached hydrogens (tertiary/aromatic N) is 1. The third-order valence-electron chi connectivity index (χ3n) is 3.75. The van der Waals surface area contributed by atoms with E-state index in [2.05, 4.69) is 30.9 Å². The number of aryl methyl sites for hydroxylation is 1. The zero-order chi connectivity index (χ0) is 14.0. The van der Waals surface area contributed by atoms with E-state index < -0.39 is 0 Å². The molecule has 3 nitrogen and oxygen atoms in total. The van der Waals surface area contributed by atoms with Crippen molar-refractivity contribution in [3.05, 3.63) is 39.7 Å². The highest BCUT2D eigenvalue weighted by Crippen LogP contribution is 2.25. The molecule has 1 heterocycles. The molecule has 0 saturated heterocycles. The van der Waals surface area contributed by atoms with Gasteiger partial charge in [-0.2, -0.15) is 0 Å². The van der Waals surface area contributed by atoms with Crippen LogP contribution in [0.25, 0.3) is 11.0 Å². The smallest absolute Gasteiger partial charge is 0.339 e. The highest BCUT2D eigenvalue weighted by Gasteiger charge is 2.11. The van der Waals surface area contributed by atoms with Gasteiger partial charge < -0.3 is 9.32 Å². The van der Waals surface area contributed by atoms with Gasteiger partial charge in [0.25, 0.3) is 0 Å². The van der Waals surface area contributed by atoms with E-state index in [0.717, 1.165) is 35.3 Å². The van der Waals surface area contributed by atoms with Gasteiger partial charge in [0.2, 0.25) is 0 Å². The van der Waals surface area contributed by atoms with Crippen molar-refractivity contribution in [3.63, 3.8) is 0 Å². The number of fused-ring (bicyclic) bond motifs is 1. The molecule has 0 atom stereocenters. The normalized spacial score (nSPS) is 10.9. The van der Waals surface area contributed by atoms with E-state index in [1.54, 1.807) is 0 Å². The quantitative estimate of drug-likeness (QED) is 0.788. The Bertz CT molecular complexity index is 639. The molecule has 0 spiro atoms. The Kier molecular flexibility index (Phi) is 3.93. The molecule has 0 bridgehead atoms. The number of hydrogen-bond donors (Lipinski definition) is 0. The molecule has 102 valence electrons. The van der Waals surface area contributed by atoms with Crippen LogP contribution >= 0.6 is 0 Å². The zero-order valence-electron chi connectivity index (χ0n) is 12.1. The molecule has 2 rings (SSSR count). The van der Waals surface area contributed by atoms with Crippen LogP contribution in [0.1, 0.15) is 31.9 Å². The summed E-state index contributed by atoms with van der Waals surface area (Å²) in [4.78, 5) is 14.2. The molecular formula is C16H21NO2. The molecule has 0 amide bonds. The summed E-state index contributed by atoms with van der Waals surface area (Å²) in [6.45, 7) is 10.1. The van der Waals surface area contributed by atoms with Crippen molar-refractivity contribution in [2.45, 2.75) is 34.1 Å². The first-order chi connectivity index (χ1) is 9.12. The van der Waals surface area contributed by atoms with Gasteiger partial charge >= 0.3 is 5.63 Å². The van der Waals surface area contributed by atoms with Gasteiger partial charge in [-0.05, 0) is 44.9 Å². The summed E-state index contributed by atoms with van der Waals surface area (Å²) in [7, 11) is 0. The molecule has 0 aliphatic rings. The standard InChI is InChI=1S/C16H21NO2/c1-5-13-11(4)14-9-8-12(17(6-2)7-3)10-15(14)19-16(13)18/h8-10H,5-7H2,1-4H3. The van der Waals surface area contributed by atoms with Crippen molar-refractivity contribution in [2.75, 3.05) is 18.0 Å². The molecule has 3 heteroatoms. The van der Waals surface area contributed by atoms with Crippen molar-refractivity contribution < 1.29 is 4.42 Å². The lowest BCUT2D eigenvalue weighted by Gasteiger charge is -2.21. The van der Waals surface area contributed by atoms with E-state index in [1.165, 1.54) is 0 Å². The summed E-state index contributed by atoms with van der Waals surface area (Å²) in [5.41, 5.74) is 3.40. The number of benzene rings is 1. The maximum Gasteiger partial charge on any atom is 0.339 e. The van der Waals surface area contributed by atoms with Crippen LogP contribution < -0.4 is 10.5 Å². The summed E-state index contributed by atoms with van der Waals surface area (Å²) >= 11 is 0. The monoisotopic (exact) mass is 259 g/mol. The molecule has 0 fully saturated rings. The van der Waals surface area contributed by atoms with E-state index in [9.17, 15) is 4.79 Å². The Hall–Kier alpha value is -1.77. The Morgan fingerprint density at radius 1 is 1.16 bits per heavy atom. The number of rotatable bonds is 4. The van der Waals surface area contributed by atoms with E-state index in [0.29, 0.717) is 12.0 Å². The highest BCUT2D eigenvalue weighted by molar-refractivity contribution is 5.84. The van der Waals surface area contributed by atoms with Crippen LogP contribution in [0.4, 0.5) is 5.69 Å². The van der Waals surface area contributed by atoms with Crippen LogP contribution in [0.2, 0.25) is 0 Å². The van der Waals surface area contributed by atoms with Gasteiger partial charge in [-0.25, -0.2) is 4.79 Å². The second-order valence-electron chi connectivity index (χ2n) is 4.70. The summed E-state index contributed by atoms with van der Waals surface area (Å²) in [5, 5.41) is 1.03. The zero-order valence-corrected chi connectivity index (χ0v) is 12.1. The SMILES string of the molecule is CCc1c(C)c2ccc(N(CC)CC)cc2oc1=O. The molecule has 0 saturated carbocycles. The fourth-order valence-corrected chi connectivity index (χ4v) is 2.58. The molecular weight excluding hydrogens is 238 g/mol. The van der Waals surface area contributed by atoms with Crippen molar-refractivity contribution in [1.82, 2.24) is 0 Å². The first-order valence-corrected chi connectivity index (χ1v) is 6.93. The van der Waals surface area contributed by atoms with Gasteiger partial charge in [-0.3, -0.25) is 0 Å². The van der Waals surface area contributed by atoms with Crippen molar-refractivity contribution >= 4 is 16.7 Å². The van der Waals surface area contributed by atoms with Crippen LogP contribution in [0, 0.1) is 6.92 Å². The first-order valence-electron chi connectivity index (χ1n) is 6.93. The van der Waals surface area contributed by atoms with Gasteiger partial charge in [0, 0.05) is 35.8 Å². The van der Waals surface area contributed by atoms with E-state index in [4.69, 9.17) is 4.42 Å². The van der Waals surface area contributed by atoms with Crippen LogP contribution in [-0.4, -0.2) is 13.1 Å². The molecule has 0 N–H and O–H groups in total. The van der Waals surface area contributed by atoms with Crippen molar-refractivity contribution in [3.8, 4) is 0 Å². The Morgan fingerprint density at radius 3 is 2.42 bits per heavy atom. The number of hydrogen-bond acceptors (Lipinski definition) is 3. The summed E-state index contributed by atoms with van der Waals surface area (Å²) < 4.78 is 5.46. The maximum atomic E-state index is 11.9. The van der Waals surface area contributed by atoms with Crippen LogP contribution in [-0.2, 0) is 6.42 Å². The largest absolute Gasteiger partial charge is 0.422 e. The van der Waals surface area contributed by atoms with Crippen LogP contribution in [0.5, 0.6) is 0 Å². The predicted octanol–water partition coefficient (Wildman–Crippen LogP) is 3.51. The van der Waals surface area contributed by atoms with E-state index >= 15 is 0 Å². The lowest BCUT2D eigenvalue weighted by Crippen LogP contribution is -2.21. The summed E-state index contributed by atoms with van der Waals surface area (Å²) in [6, 6.07) is 6.12. The lowest BCUT2D eigenvalue weighted by atomic mass is 10.0. The second-order valence-corrected chi connectivity index (χ2v) is 4.70. The van der Waals surface area contributed by atoms with E-state index in [1.807, 2.05) is 19.9 Å². The minimum atomic E-state index is -0.204. The van der Waals surface area contributed by atoms with Gasteiger partial charge in [0.05, 0.1) is 0 Å². The van der Waals surface area contributed by atoms with Crippen LogP contribution in [0.3, 0.4) is 0 Å². The Labute approximate surface area is 113 Å². The minimum Gasteiger partial charge on any atom is -0.422 e. The molecule has 2 aromatic rings. The Morgan fingerprint density at radius 2 is 1.84 bits per heavy atom. The maximum absolute atomic E-state index is 11.9. The summed E-state index contributed by atoms with van der Waals surface area (Å²) in [5.74, 6) is 0. The Balaban J connectivity index is 2.65. The third kappa shape index (κ3) is 2.37. The first kappa shape index (κ1) is 13.7. The molecule has 19 heavy (non-hydrogen) atoms. The van der Waals surface area contributed by atoms with Gasteiger partial charge in [-0.15, -0.1) is 0 Å². The molecule has 1 aromatic heterocycles. The summed E-state index contributed by atoms with van der Waals surface area (Å²) in [6.07, 6.45) is 0.710. The molecule has 1 aromatic carbocycles. The molecule has 0 unspecified atom stereocenters. The fourth-order valence-electron chi connectivity index (χ4n) is 2.58. The molecule has 0 radical (unpaired) electrons. The van der Waals surface area contributed by atoms with Gasteiger partial charge in [0.1, 0.15) is 5.58 Å². The van der Waals surface area contributed by atoms with Crippen LogP contribution in [0.15, 0.2) is 27.4 Å². The molecule has 0 aliphatic carbocycles. The lowest BCUT2D eigenvalue weighted by molar-refractivity contribution is 0.550. The predicted molar refractivity (Wildman–Crippen MR) is 80.2 cm³/mol. The van der Waals surface area contributed by atoms with Gasteiger partial charge in [-0.1, -0.05) is 6.92 Å². The molecule has 0 aliphatic heterocycles. The third-order valence-corrected chi connectivity index (χ3v) is 3.75. The topological polar surface area (TPSA) is 33.5 Å².